The van der Waals surface area contributed by atoms with Gasteiger partial charge >= 0.3 is 0 Å². The molecule has 1 aliphatic carbocycles. The fraction of sp³-hybridized carbons (Fsp3) is 0.375. The van der Waals surface area contributed by atoms with Crippen LogP contribution in [0.25, 0.3) is 10.1 Å². The van der Waals surface area contributed by atoms with Gasteiger partial charge in [-0.15, -0.1) is 11.3 Å². The van der Waals surface area contributed by atoms with Crippen LogP contribution in [-0.2, 0) is 4.79 Å². The average molecular weight is 320 g/mol. The maximum Gasteiger partial charge on any atom is 0.264 e. The zero-order chi connectivity index (χ0) is 15.7. The Morgan fingerprint density at radius 3 is 2.68 bits per heavy atom. The molecule has 0 spiro atoms. The van der Waals surface area contributed by atoms with Crippen molar-refractivity contribution in [3.05, 3.63) is 35.0 Å². The molecule has 1 aliphatic rings. The van der Waals surface area contributed by atoms with Crippen LogP contribution in [0.1, 0.15) is 35.4 Å². The number of nitrogens with two attached hydrogens (primary N) is 1. The summed E-state index contributed by atoms with van der Waals surface area (Å²) in [5, 5.41) is 0.446. The minimum absolute atomic E-state index is 0.0510. The van der Waals surface area contributed by atoms with Crippen LogP contribution >= 0.6 is 11.3 Å². The lowest BCUT2D eigenvalue weighted by molar-refractivity contribution is -0.119. The Kier molecular flexibility index (Phi) is 4.11. The van der Waals surface area contributed by atoms with Crippen molar-refractivity contribution in [2.75, 3.05) is 6.54 Å². The fourth-order valence-electron chi connectivity index (χ4n) is 3.02. The number of halogens is 1. The standard InChI is InChI=1S/C16H17FN2O2S/c17-12-6-3-7-13-11(12)8-14(22-13)16(21)19(9-15(18)20)10-4-1-2-5-10/h3,6-8,10H,1-2,4-5,9H2,(H2,18,20). The van der Waals surface area contributed by atoms with E-state index in [0.29, 0.717) is 10.3 Å². The number of carbonyl (C=O) groups excluding carboxylic acids is 2. The lowest BCUT2D eigenvalue weighted by Gasteiger charge is -2.27. The van der Waals surface area contributed by atoms with Crippen LogP contribution in [0.4, 0.5) is 4.39 Å². The van der Waals surface area contributed by atoms with Gasteiger partial charge in [-0.05, 0) is 31.0 Å². The van der Waals surface area contributed by atoms with Gasteiger partial charge < -0.3 is 10.6 Å². The fourth-order valence-corrected chi connectivity index (χ4v) is 4.05. The third-order valence-electron chi connectivity index (χ3n) is 4.07. The molecule has 0 radical (unpaired) electrons. The Labute approximate surface area is 131 Å². The molecule has 4 nitrogen and oxygen atoms in total. The molecule has 0 atom stereocenters. The predicted octanol–water partition coefficient (Wildman–Crippen LogP) is 2.91. The Morgan fingerprint density at radius 1 is 1.32 bits per heavy atom. The Bertz CT molecular complexity index is 722. The molecule has 116 valence electrons. The highest BCUT2D eigenvalue weighted by Crippen LogP contribution is 2.31. The summed E-state index contributed by atoms with van der Waals surface area (Å²) >= 11 is 1.25. The molecule has 0 saturated heterocycles. The normalized spacial score (nSPS) is 15.3. The number of nitrogens with zero attached hydrogens (tertiary/aromatic N) is 1. The Morgan fingerprint density at radius 2 is 2.05 bits per heavy atom. The molecular weight excluding hydrogens is 303 g/mol. The van der Waals surface area contributed by atoms with Crippen LogP contribution in [0.2, 0.25) is 0 Å². The lowest BCUT2D eigenvalue weighted by atomic mass is 10.2. The van der Waals surface area contributed by atoms with Crippen molar-refractivity contribution < 1.29 is 14.0 Å². The lowest BCUT2D eigenvalue weighted by Crippen LogP contribution is -2.43. The van der Waals surface area contributed by atoms with Gasteiger partial charge in [0, 0.05) is 16.1 Å². The first-order valence-electron chi connectivity index (χ1n) is 7.33. The van der Waals surface area contributed by atoms with Gasteiger partial charge in [-0.2, -0.15) is 0 Å². The highest BCUT2D eigenvalue weighted by Gasteiger charge is 2.29. The van der Waals surface area contributed by atoms with Crippen molar-refractivity contribution in [2.45, 2.75) is 31.7 Å². The average Bonchev–Trinajstić information content (AvgIpc) is 3.13. The van der Waals surface area contributed by atoms with Gasteiger partial charge in [0.1, 0.15) is 5.82 Å². The number of primary amides is 1. The molecule has 1 aromatic carbocycles. The molecule has 0 bridgehead atoms. The molecule has 0 unspecified atom stereocenters. The number of carbonyl (C=O) groups is 2. The van der Waals surface area contributed by atoms with E-state index in [0.717, 1.165) is 30.4 Å². The van der Waals surface area contributed by atoms with Gasteiger partial charge in [-0.25, -0.2) is 4.39 Å². The summed E-state index contributed by atoms with van der Waals surface area (Å²) in [5.74, 6) is -1.09. The van der Waals surface area contributed by atoms with E-state index in [2.05, 4.69) is 0 Å². The van der Waals surface area contributed by atoms with Gasteiger partial charge in [-0.1, -0.05) is 18.9 Å². The molecule has 22 heavy (non-hydrogen) atoms. The topological polar surface area (TPSA) is 63.4 Å². The van der Waals surface area contributed by atoms with E-state index in [-0.39, 0.29) is 24.3 Å². The predicted molar refractivity (Wildman–Crippen MR) is 84.3 cm³/mol. The van der Waals surface area contributed by atoms with Crippen molar-refractivity contribution in [1.29, 1.82) is 0 Å². The van der Waals surface area contributed by atoms with Crippen LogP contribution < -0.4 is 5.73 Å². The minimum atomic E-state index is -0.521. The molecule has 2 aromatic rings. The van der Waals surface area contributed by atoms with Gasteiger partial charge in [0.2, 0.25) is 5.91 Å². The van der Waals surface area contributed by atoms with E-state index in [1.165, 1.54) is 17.4 Å². The molecule has 6 heteroatoms. The molecule has 1 fully saturated rings. The van der Waals surface area contributed by atoms with Gasteiger partial charge in [0.05, 0.1) is 11.4 Å². The highest BCUT2D eigenvalue weighted by molar-refractivity contribution is 7.20. The Balaban J connectivity index is 1.93. The smallest absolute Gasteiger partial charge is 0.264 e. The Hall–Kier alpha value is -1.95. The SMILES string of the molecule is NC(=O)CN(C(=O)c1cc2c(F)cccc2s1)C1CCCC1. The molecule has 1 saturated carbocycles. The zero-order valence-corrected chi connectivity index (χ0v) is 12.9. The molecule has 1 aromatic heterocycles. The van der Waals surface area contributed by atoms with E-state index in [4.69, 9.17) is 5.73 Å². The summed E-state index contributed by atoms with van der Waals surface area (Å²) in [7, 11) is 0. The maximum absolute atomic E-state index is 13.8. The van der Waals surface area contributed by atoms with E-state index < -0.39 is 5.91 Å². The first-order chi connectivity index (χ1) is 10.6. The zero-order valence-electron chi connectivity index (χ0n) is 12.0. The number of rotatable bonds is 4. The third-order valence-corrected chi connectivity index (χ3v) is 5.16. The molecular formula is C16H17FN2O2S. The summed E-state index contributed by atoms with van der Waals surface area (Å²) in [6, 6.07) is 6.41. The molecule has 0 aliphatic heterocycles. The number of benzene rings is 1. The largest absolute Gasteiger partial charge is 0.368 e. The molecule has 2 amide bonds. The second-order valence-corrected chi connectivity index (χ2v) is 6.68. The van der Waals surface area contributed by atoms with Gasteiger partial charge in [-0.3, -0.25) is 9.59 Å². The quantitative estimate of drug-likeness (QED) is 0.941. The van der Waals surface area contributed by atoms with Crippen LogP contribution in [0.15, 0.2) is 24.3 Å². The van der Waals surface area contributed by atoms with Crippen LogP contribution in [0, 0.1) is 5.82 Å². The van der Waals surface area contributed by atoms with E-state index in [1.54, 1.807) is 23.1 Å². The highest BCUT2D eigenvalue weighted by atomic mass is 32.1. The second-order valence-electron chi connectivity index (χ2n) is 5.60. The van der Waals surface area contributed by atoms with Crippen molar-refractivity contribution in [1.82, 2.24) is 4.90 Å². The monoisotopic (exact) mass is 320 g/mol. The minimum Gasteiger partial charge on any atom is -0.368 e. The third kappa shape index (κ3) is 2.83. The number of hydrogen-bond acceptors (Lipinski definition) is 3. The van der Waals surface area contributed by atoms with Crippen LogP contribution in [0.5, 0.6) is 0 Å². The van der Waals surface area contributed by atoms with Crippen LogP contribution in [0.3, 0.4) is 0 Å². The van der Waals surface area contributed by atoms with E-state index in [1.807, 2.05) is 0 Å². The molecule has 1 heterocycles. The summed E-state index contributed by atoms with van der Waals surface area (Å²) < 4.78 is 14.5. The van der Waals surface area contributed by atoms with Crippen molar-refractivity contribution >= 4 is 33.2 Å². The number of thiophene rings is 1. The van der Waals surface area contributed by atoms with E-state index >= 15 is 0 Å². The molecule has 3 rings (SSSR count). The number of amides is 2. The van der Waals surface area contributed by atoms with Crippen molar-refractivity contribution in [2.24, 2.45) is 5.73 Å². The maximum atomic E-state index is 13.8. The second kappa shape index (κ2) is 6.04. The van der Waals surface area contributed by atoms with Gasteiger partial charge in [0.25, 0.3) is 5.91 Å². The van der Waals surface area contributed by atoms with Gasteiger partial charge in [0.15, 0.2) is 0 Å². The van der Waals surface area contributed by atoms with Crippen molar-refractivity contribution in [3.8, 4) is 0 Å². The summed E-state index contributed by atoms with van der Waals surface area (Å²) in [6.45, 7) is -0.0831. The molecule has 2 N–H and O–H groups in total. The van der Waals surface area contributed by atoms with E-state index in [9.17, 15) is 14.0 Å². The first kappa shape index (κ1) is 15.0. The summed E-state index contributed by atoms with van der Waals surface area (Å²) in [4.78, 5) is 26.1. The first-order valence-corrected chi connectivity index (χ1v) is 8.15. The summed E-state index contributed by atoms with van der Waals surface area (Å²) in [5.41, 5.74) is 5.29. The summed E-state index contributed by atoms with van der Waals surface area (Å²) in [6.07, 6.45) is 3.87. The number of hydrogen-bond donors (Lipinski definition) is 1. The number of fused-ring (bicyclic) bond motifs is 1. The van der Waals surface area contributed by atoms with Crippen LogP contribution in [-0.4, -0.2) is 29.3 Å². The van der Waals surface area contributed by atoms with Crippen molar-refractivity contribution in [3.63, 3.8) is 0 Å².